The lowest BCUT2D eigenvalue weighted by molar-refractivity contribution is 0.579. The van der Waals surface area contributed by atoms with Crippen LogP contribution in [0.3, 0.4) is 0 Å². The second-order valence-corrected chi connectivity index (χ2v) is 2.33. The Balaban J connectivity index is 2.49. The van der Waals surface area contributed by atoms with Crippen LogP contribution < -0.4 is 5.73 Å². The van der Waals surface area contributed by atoms with Crippen molar-refractivity contribution < 1.29 is 0 Å². The summed E-state index contributed by atoms with van der Waals surface area (Å²) in [5, 5.41) is 4.04. The molecular weight excluding hydrogens is 126 g/mol. The molecule has 0 fully saturated rings. The zero-order valence-corrected chi connectivity index (χ0v) is 6.25. The molecule has 0 aliphatic rings. The van der Waals surface area contributed by atoms with Gasteiger partial charge in [-0.2, -0.15) is 5.10 Å². The average Bonchev–Trinajstić information content (AvgIpc) is 2.31. The van der Waals surface area contributed by atoms with Gasteiger partial charge in [0.2, 0.25) is 0 Å². The van der Waals surface area contributed by atoms with Gasteiger partial charge in [-0.3, -0.25) is 4.68 Å². The Kier molecular flexibility index (Phi) is 2.31. The Hall–Kier alpha value is -0.990. The fourth-order valence-electron chi connectivity index (χ4n) is 0.838. The third-order valence-corrected chi connectivity index (χ3v) is 1.47. The van der Waals surface area contributed by atoms with E-state index < -0.39 is 0 Å². The first-order chi connectivity index (χ1) is 4.84. The minimum atomic E-state index is 0.758. The van der Waals surface area contributed by atoms with Gasteiger partial charge in [-0.15, -0.1) is 0 Å². The molecule has 0 atom stereocenters. The van der Waals surface area contributed by atoms with Crippen molar-refractivity contribution in [3.05, 3.63) is 12.3 Å². The molecule has 0 radical (unpaired) electrons. The molecule has 1 heterocycles. The first-order valence-corrected chi connectivity index (χ1v) is 3.62. The molecule has 10 heavy (non-hydrogen) atoms. The smallest absolute Gasteiger partial charge is 0.121 e. The van der Waals surface area contributed by atoms with E-state index in [1.54, 1.807) is 6.20 Å². The predicted octanol–water partition coefficient (Wildman–Crippen LogP) is 1.27. The number of hydrogen-bond donors (Lipinski definition) is 1. The zero-order valence-electron chi connectivity index (χ0n) is 6.25. The summed E-state index contributed by atoms with van der Waals surface area (Å²) in [4.78, 5) is 0. The number of unbranched alkanes of at least 4 members (excludes halogenated alkanes) is 1. The van der Waals surface area contributed by atoms with Crippen LogP contribution in [0.5, 0.6) is 0 Å². The molecular formula is C7H13N3. The van der Waals surface area contributed by atoms with E-state index in [2.05, 4.69) is 12.0 Å². The lowest BCUT2D eigenvalue weighted by Gasteiger charge is -2.00. The maximum absolute atomic E-state index is 5.58. The average molecular weight is 139 g/mol. The maximum Gasteiger partial charge on any atom is 0.121 e. The molecule has 0 aliphatic carbocycles. The minimum absolute atomic E-state index is 0.758. The van der Waals surface area contributed by atoms with E-state index >= 15 is 0 Å². The van der Waals surface area contributed by atoms with E-state index in [0.717, 1.165) is 18.8 Å². The molecule has 0 aromatic carbocycles. The molecule has 1 aromatic rings. The van der Waals surface area contributed by atoms with E-state index in [1.165, 1.54) is 6.42 Å². The lowest BCUT2D eigenvalue weighted by atomic mass is 10.3. The quantitative estimate of drug-likeness (QED) is 0.685. The van der Waals surface area contributed by atoms with Crippen LogP contribution in [0.15, 0.2) is 12.3 Å². The van der Waals surface area contributed by atoms with Crippen LogP contribution in [-0.4, -0.2) is 9.78 Å². The molecule has 2 N–H and O–H groups in total. The Morgan fingerprint density at radius 1 is 1.70 bits per heavy atom. The number of rotatable bonds is 3. The van der Waals surface area contributed by atoms with Gasteiger partial charge in [0.15, 0.2) is 0 Å². The van der Waals surface area contributed by atoms with E-state index in [0.29, 0.717) is 0 Å². The third kappa shape index (κ3) is 1.50. The van der Waals surface area contributed by atoms with Gasteiger partial charge in [0.1, 0.15) is 5.82 Å². The largest absolute Gasteiger partial charge is 0.384 e. The molecule has 0 amide bonds. The monoisotopic (exact) mass is 139 g/mol. The fraction of sp³-hybridized carbons (Fsp3) is 0.571. The highest BCUT2D eigenvalue weighted by molar-refractivity contribution is 5.25. The zero-order chi connectivity index (χ0) is 7.40. The molecule has 1 rings (SSSR count). The maximum atomic E-state index is 5.58. The number of hydrogen-bond acceptors (Lipinski definition) is 2. The molecule has 3 heteroatoms. The van der Waals surface area contributed by atoms with Gasteiger partial charge < -0.3 is 5.73 Å². The lowest BCUT2D eigenvalue weighted by Crippen LogP contribution is -2.03. The van der Waals surface area contributed by atoms with Crippen LogP contribution in [0.4, 0.5) is 5.82 Å². The molecule has 0 saturated heterocycles. The van der Waals surface area contributed by atoms with Gasteiger partial charge in [0.25, 0.3) is 0 Å². The Morgan fingerprint density at radius 3 is 3.00 bits per heavy atom. The summed E-state index contributed by atoms with van der Waals surface area (Å²) in [7, 11) is 0. The number of aromatic nitrogens is 2. The van der Waals surface area contributed by atoms with Crippen LogP contribution in [0, 0.1) is 0 Å². The van der Waals surface area contributed by atoms with E-state index in [9.17, 15) is 0 Å². The van der Waals surface area contributed by atoms with Crippen molar-refractivity contribution in [1.29, 1.82) is 0 Å². The summed E-state index contributed by atoms with van der Waals surface area (Å²) >= 11 is 0. The normalized spacial score (nSPS) is 10.1. The first kappa shape index (κ1) is 7.12. The van der Waals surface area contributed by atoms with E-state index in [-0.39, 0.29) is 0 Å². The number of nitrogens with zero attached hydrogens (tertiary/aromatic N) is 2. The number of nitrogen functional groups attached to an aromatic ring is 1. The highest BCUT2D eigenvalue weighted by Crippen LogP contribution is 2.01. The SMILES string of the molecule is CCCCn1nccc1N. The summed E-state index contributed by atoms with van der Waals surface area (Å²) in [5.74, 6) is 0.758. The molecule has 0 aliphatic heterocycles. The van der Waals surface area contributed by atoms with Crippen LogP contribution >= 0.6 is 0 Å². The minimum Gasteiger partial charge on any atom is -0.384 e. The van der Waals surface area contributed by atoms with Gasteiger partial charge in [-0.1, -0.05) is 13.3 Å². The second-order valence-electron chi connectivity index (χ2n) is 2.33. The topological polar surface area (TPSA) is 43.8 Å². The summed E-state index contributed by atoms with van der Waals surface area (Å²) in [6, 6.07) is 1.82. The Labute approximate surface area is 60.8 Å². The summed E-state index contributed by atoms with van der Waals surface area (Å²) in [5.41, 5.74) is 5.58. The molecule has 1 aromatic heterocycles. The van der Waals surface area contributed by atoms with Crippen molar-refractivity contribution in [2.75, 3.05) is 5.73 Å². The highest BCUT2D eigenvalue weighted by Gasteiger charge is 1.94. The molecule has 56 valence electrons. The van der Waals surface area contributed by atoms with Gasteiger partial charge >= 0.3 is 0 Å². The van der Waals surface area contributed by atoms with E-state index in [1.807, 2.05) is 10.7 Å². The number of nitrogens with two attached hydrogens (primary N) is 1. The first-order valence-electron chi connectivity index (χ1n) is 3.62. The van der Waals surface area contributed by atoms with Crippen molar-refractivity contribution in [3.63, 3.8) is 0 Å². The highest BCUT2D eigenvalue weighted by atomic mass is 15.3. The Bertz CT molecular complexity index is 192. The Morgan fingerprint density at radius 2 is 2.50 bits per heavy atom. The third-order valence-electron chi connectivity index (χ3n) is 1.47. The molecule has 0 spiro atoms. The molecule has 3 nitrogen and oxygen atoms in total. The summed E-state index contributed by atoms with van der Waals surface area (Å²) in [6.45, 7) is 3.09. The fourth-order valence-corrected chi connectivity index (χ4v) is 0.838. The summed E-state index contributed by atoms with van der Waals surface area (Å²) < 4.78 is 1.82. The van der Waals surface area contributed by atoms with Crippen molar-refractivity contribution in [2.24, 2.45) is 0 Å². The summed E-state index contributed by atoms with van der Waals surface area (Å²) in [6.07, 6.45) is 4.05. The number of aryl methyl sites for hydroxylation is 1. The van der Waals surface area contributed by atoms with Gasteiger partial charge in [-0.25, -0.2) is 0 Å². The van der Waals surface area contributed by atoms with Crippen molar-refractivity contribution in [2.45, 2.75) is 26.3 Å². The standard InChI is InChI=1S/C7H13N3/c1-2-3-6-10-7(8)4-5-9-10/h4-5H,2-3,6,8H2,1H3. The van der Waals surface area contributed by atoms with Crippen LogP contribution in [0.2, 0.25) is 0 Å². The van der Waals surface area contributed by atoms with Crippen molar-refractivity contribution in [3.8, 4) is 0 Å². The predicted molar refractivity (Wildman–Crippen MR) is 41.5 cm³/mol. The van der Waals surface area contributed by atoms with Crippen molar-refractivity contribution >= 4 is 5.82 Å². The van der Waals surface area contributed by atoms with Crippen LogP contribution in [0.1, 0.15) is 19.8 Å². The van der Waals surface area contributed by atoms with Gasteiger partial charge in [0, 0.05) is 6.54 Å². The molecule has 0 unspecified atom stereocenters. The number of anilines is 1. The molecule has 0 saturated carbocycles. The van der Waals surface area contributed by atoms with E-state index in [4.69, 9.17) is 5.73 Å². The van der Waals surface area contributed by atoms with Gasteiger partial charge in [-0.05, 0) is 12.5 Å². The molecule has 0 bridgehead atoms. The second kappa shape index (κ2) is 3.25. The van der Waals surface area contributed by atoms with Crippen LogP contribution in [-0.2, 0) is 6.54 Å². The van der Waals surface area contributed by atoms with Gasteiger partial charge in [0.05, 0.1) is 6.20 Å². The van der Waals surface area contributed by atoms with Crippen LogP contribution in [0.25, 0.3) is 0 Å². The van der Waals surface area contributed by atoms with Crippen molar-refractivity contribution in [1.82, 2.24) is 9.78 Å².